The summed E-state index contributed by atoms with van der Waals surface area (Å²) in [5.41, 5.74) is 1.58. The van der Waals surface area contributed by atoms with Crippen LogP contribution in [0.1, 0.15) is 58.8 Å². The van der Waals surface area contributed by atoms with E-state index in [-0.39, 0.29) is 30.2 Å². The van der Waals surface area contributed by atoms with Crippen molar-refractivity contribution in [3.05, 3.63) is 21.6 Å². The summed E-state index contributed by atoms with van der Waals surface area (Å²) in [5.74, 6) is 3.62. The van der Waals surface area contributed by atoms with Crippen LogP contribution >= 0.6 is 0 Å². The number of amides is 1. The van der Waals surface area contributed by atoms with Crippen LogP contribution < -0.4 is 28.6 Å². The van der Waals surface area contributed by atoms with Crippen molar-refractivity contribution in [2.75, 3.05) is 0 Å². The van der Waals surface area contributed by atoms with Gasteiger partial charge in [-0.15, -0.1) is 0 Å². The Hall–Kier alpha value is 0.461. The first-order chi connectivity index (χ1) is 11.9. The van der Waals surface area contributed by atoms with Crippen molar-refractivity contribution in [3.63, 3.8) is 0 Å². The summed E-state index contributed by atoms with van der Waals surface area (Å²) >= 11 is -1.66. The molecule has 1 N–H and O–H groups in total. The first kappa shape index (κ1) is 23.7. The van der Waals surface area contributed by atoms with Gasteiger partial charge in [-0.25, -0.2) is 0 Å². The van der Waals surface area contributed by atoms with E-state index in [9.17, 15) is 4.79 Å². The maximum Gasteiger partial charge on any atom is -1.00 e. The van der Waals surface area contributed by atoms with Gasteiger partial charge in [0.15, 0.2) is 0 Å². The number of allylic oxidation sites excluding steroid dienone is 4. The van der Waals surface area contributed by atoms with Gasteiger partial charge in [0, 0.05) is 0 Å². The number of hydrogen-bond acceptors (Lipinski definition) is 1. The molecule has 0 aromatic heterocycles. The molecular formula is C21H34Cl2NOSiTi. The molecule has 1 amide bonds. The number of carbonyl (C=O) groups excluding carboxylic acids is 1. The molecule has 0 saturated heterocycles. The molecule has 27 heavy (non-hydrogen) atoms. The summed E-state index contributed by atoms with van der Waals surface area (Å²) < 4.78 is 5.50. The molecule has 4 saturated carbocycles. The van der Waals surface area contributed by atoms with E-state index in [0.717, 1.165) is 24.2 Å². The number of carbonyl (C=O) groups is 1. The van der Waals surface area contributed by atoms with Crippen molar-refractivity contribution in [1.82, 2.24) is 3.80 Å². The molecule has 5 rings (SSSR count). The van der Waals surface area contributed by atoms with Crippen LogP contribution in [0.4, 0.5) is 0 Å². The fourth-order valence-electron chi connectivity index (χ4n) is 6.63. The minimum Gasteiger partial charge on any atom is -1.00 e. The topological polar surface area (TPSA) is 29.1 Å². The Labute approximate surface area is 185 Å². The summed E-state index contributed by atoms with van der Waals surface area (Å²) in [6.45, 7) is 8.72. The van der Waals surface area contributed by atoms with Crippen LogP contribution in [-0.4, -0.2) is 12.6 Å². The third kappa shape index (κ3) is 4.33. The molecule has 1 unspecified atom stereocenters. The molecule has 4 bridgehead atoms. The molecule has 2 nitrogen and oxygen atoms in total. The van der Waals surface area contributed by atoms with Gasteiger partial charge in [0.05, 0.1) is 0 Å². The largest absolute Gasteiger partial charge is 1.00 e. The minimum atomic E-state index is -1.66. The Balaban J connectivity index is 0.00000131. The van der Waals surface area contributed by atoms with Gasteiger partial charge in [-0.1, -0.05) is 0 Å². The SMILES string of the molecule is CCC1=[C]([Ti+2]([NH]C(=O)C23CC4CC(CC(C4)C2)C3)[SiH](C)C)C(C)C=C1.[Cl-].[Cl-]. The number of hydrogen-bond donors (Lipinski definition) is 1. The molecule has 0 radical (unpaired) electrons. The summed E-state index contributed by atoms with van der Waals surface area (Å²) in [5, 5.41) is 0. The Bertz CT molecular complexity index is 598. The molecular weight excluding hydrogens is 429 g/mol. The van der Waals surface area contributed by atoms with E-state index in [0.29, 0.717) is 11.8 Å². The van der Waals surface area contributed by atoms with Crippen LogP contribution in [0.15, 0.2) is 21.6 Å². The Kier molecular flexibility index (Phi) is 7.98. The van der Waals surface area contributed by atoms with Gasteiger partial charge >= 0.3 is 161 Å². The molecule has 6 heteroatoms. The van der Waals surface area contributed by atoms with Gasteiger partial charge in [-0.05, 0) is 0 Å². The van der Waals surface area contributed by atoms with E-state index in [1.807, 2.05) is 0 Å². The average molecular weight is 463 g/mol. The van der Waals surface area contributed by atoms with Crippen molar-refractivity contribution < 1.29 is 47.0 Å². The Morgan fingerprint density at radius 2 is 1.67 bits per heavy atom. The molecule has 4 fully saturated rings. The van der Waals surface area contributed by atoms with Gasteiger partial charge < -0.3 is 24.8 Å². The van der Waals surface area contributed by atoms with Crippen molar-refractivity contribution in [2.45, 2.75) is 71.9 Å². The van der Waals surface area contributed by atoms with Gasteiger partial charge in [-0.2, -0.15) is 0 Å². The number of halogens is 2. The fraction of sp³-hybridized carbons (Fsp3) is 0.762. The number of nitrogens with one attached hydrogen (secondary N) is 1. The van der Waals surface area contributed by atoms with Gasteiger partial charge in [0.2, 0.25) is 0 Å². The molecule has 0 aliphatic heterocycles. The second kappa shape index (κ2) is 9.08. The summed E-state index contributed by atoms with van der Waals surface area (Å²) in [7, 11) is 0. The molecule has 1 atom stereocenters. The molecule has 0 heterocycles. The Morgan fingerprint density at radius 3 is 2.11 bits per heavy atom. The van der Waals surface area contributed by atoms with Crippen molar-refractivity contribution in [3.8, 4) is 0 Å². The molecule has 0 aromatic rings. The van der Waals surface area contributed by atoms with Crippen molar-refractivity contribution >= 4 is 12.6 Å². The van der Waals surface area contributed by atoms with Crippen LogP contribution in [0.25, 0.3) is 0 Å². The molecule has 151 valence electrons. The van der Waals surface area contributed by atoms with Crippen LogP contribution in [0, 0.1) is 29.1 Å². The van der Waals surface area contributed by atoms with Crippen molar-refractivity contribution in [1.29, 1.82) is 0 Å². The molecule has 0 aromatic carbocycles. The third-order valence-corrected chi connectivity index (χ3v) is 18.7. The first-order valence-corrected chi connectivity index (χ1v) is 17.7. The number of rotatable bonds is 5. The van der Waals surface area contributed by atoms with Crippen LogP contribution in [-0.2, 0) is 22.2 Å². The van der Waals surface area contributed by atoms with Gasteiger partial charge in [0.1, 0.15) is 0 Å². The summed E-state index contributed by atoms with van der Waals surface area (Å²) in [4.78, 5) is 13.6. The maximum absolute atomic E-state index is 13.6. The first-order valence-electron chi connectivity index (χ1n) is 10.5. The van der Waals surface area contributed by atoms with E-state index in [1.54, 1.807) is 9.45 Å². The van der Waals surface area contributed by atoms with E-state index >= 15 is 0 Å². The molecule has 0 spiro atoms. The van der Waals surface area contributed by atoms with Gasteiger partial charge in [0.25, 0.3) is 0 Å². The van der Waals surface area contributed by atoms with E-state index in [4.69, 9.17) is 0 Å². The molecule has 5 aliphatic rings. The minimum absolute atomic E-state index is 0. The fourth-order valence-corrected chi connectivity index (χ4v) is 17.1. The zero-order valence-corrected chi connectivity index (χ0v) is 21.4. The van der Waals surface area contributed by atoms with E-state index < -0.39 is 24.0 Å². The Morgan fingerprint density at radius 1 is 1.15 bits per heavy atom. The van der Waals surface area contributed by atoms with Crippen LogP contribution in [0.2, 0.25) is 13.1 Å². The van der Waals surface area contributed by atoms with Gasteiger partial charge in [-0.3, -0.25) is 0 Å². The van der Waals surface area contributed by atoms with E-state index in [1.165, 1.54) is 38.5 Å². The maximum atomic E-state index is 13.6. The third-order valence-electron chi connectivity index (χ3n) is 7.40. The van der Waals surface area contributed by atoms with Crippen molar-refractivity contribution in [2.24, 2.45) is 29.1 Å². The normalized spacial score (nSPS) is 35.9. The quantitative estimate of drug-likeness (QED) is 0.506. The smallest absolute Gasteiger partial charge is 1.00 e. The second-order valence-electron chi connectivity index (χ2n) is 9.66. The predicted octanol–water partition coefficient (Wildman–Crippen LogP) is -1.29. The van der Waals surface area contributed by atoms with E-state index in [2.05, 4.69) is 42.9 Å². The second-order valence-corrected chi connectivity index (χ2v) is 22.3. The van der Waals surface area contributed by atoms with Crippen LogP contribution in [0.5, 0.6) is 0 Å². The summed E-state index contributed by atoms with van der Waals surface area (Å²) in [6, 6.07) is 0. The zero-order chi connectivity index (χ0) is 17.8. The standard InChI is InChI=1S/C11H17NO.C8H11.C2H7Si.2ClH.Ti/c12-10(13)11-4-7-1-8(5-11)3-9(2-7)6-11;1-3-8-5-4-7(2)6-8;1-3-2;;;/h7-9H,1-6H2,(H2,12,13);4-5,7H,3H2,1-2H3;3H,1-2H3;2*1H;/q;;;;;+3/p-3. The average Bonchev–Trinajstić information content (AvgIpc) is 2.91. The zero-order valence-electron chi connectivity index (χ0n) is 17.2. The summed E-state index contributed by atoms with van der Waals surface area (Å²) in [6.07, 6.45) is 13.7. The predicted molar refractivity (Wildman–Crippen MR) is 103 cm³/mol. The molecule has 5 aliphatic carbocycles. The monoisotopic (exact) mass is 462 g/mol. The van der Waals surface area contributed by atoms with Crippen LogP contribution in [0.3, 0.4) is 0 Å².